The largest absolute Gasteiger partial charge is 0.495 e. The number of rotatable bonds is 5. The van der Waals surface area contributed by atoms with Crippen LogP contribution in [0.3, 0.4) is 0 Å². The van der Waals surface area contributed by atoms with E-state index in [0.717, 1.165) is 12.1 Å². The zero-order valence-electron chi connectivity index (χ0n) is 19.9. The molecule has 0 spiro atoms. The van der Waals surface area contributed by atoms with E-state index in [-0.39, 0.29) is 5.46 Å². The van der Waals surface area contributed by atoms with E-state index in [0.29, 0.717) is 30.3 Å². The number of ether oxygens (including phenoxy) is 1. The van der Waals surface area contributed by atoms with E-state index in [1.807, 2.05) is 0 Å². The van der Waals surface area contributed by atoms with Crippen molar-refractivity contribution in [1.29, 1.82) is 0 Å². The van der Waals surface area contributed by atoms with Crippen LogP contribution < -0.4 is 10.2 Å². The Morgan fingerprint density at radius 2 is 1.22 bits per heavy atom. The molecule has 12 heteroatoms. The van der Waals surface area contributed by atoms with Crippen molar-refractivity contribution in [1.82, 2.24) is 0 Å². The highest BCUT2D eigenvalue weighted by Gasteiger charge is 2.52. The Labute approximate surface area is 207 Å². The fourth-order valence-electron chi connectivity index (χ4n) is 3.69. The Morgan fingerprint density at radius 1 is 0.703 bits per heavy atom. The predicted octanol–water partition coefficient (Wildman–Crippen LogP) is 6.62. The molecule has 1 saturated heterocycles. The van der Waals surface area contributed by atoms with Gasteiger partial charge in [-0.15, -0.1) is 0 Å². The van der Waals surface area contributed by atoms with Gasteiger partial charge < -0.3 is 14.0 Å². The fraction of sp³-hybridized carbons (Fsp3) is 0.280. The van der Waals surface area contributed by atoms with E-state index >= 15 is 0 Å². The van der Waals surface area contributed by atoms with Crippen molar-refractivity contribution < 1.29 is 49.2 Å². The first-order chi connectivity index (χ1) is 17.0. The van der Waals surface area contributed by atoms with Crippen molar-refractivity contribution in [3.63, 3.8) is 0 Å². The summed E-state index contributed by atoms with van der Waals surface area (Å²) in [5, 5.41) is 0. The normalized spacial score (nSPS) is 16.8. The van der Waals surface area contributed by atoms with Gasteiger partial charge in [-0.3, -0.25) is 0 Å². The molecular weight excluding hydrogens is 511 g/mol. The zero-order valence-corrected chi connectivity index (χ0v) is 19.9. The van der Waals surface area contributed by atoms with E-state index in [2.05, 4.69) is 4.74 Å². The standard InChI is InChI=1S/C25H19BF8O3/c1-23(2)24(3,4)37-26(36-23)13-9-17(28)21(18(29)10-13)25(33,34)35-14-5-6-15(16(27)11-14)12-7-19(30)22(32)20(31)8-12/h5-11H,1-4H3. The van der Waals surface area contributed by atoms with Gasteiger partial charge in [0.05, 0.1) is 11.2 Å². The van der Waals surface area contributed by atoms with Gasteiger partial charge >= 0.3 is 13.2 Å². The van der Waals surface area contributed by atoms with Crippen LogP contribution in [0.25, 0.3) is 11.1 Å². The summed E-state index contributed by atoms with van der Waals surface area (Å²) in [7, 11) is -1.22. The third-order valence-electron chi connectivity index (χ3n) is 6.36. The summed E-state index contributed by atoms with van der Waals surface area (Å²) in [5.41, 5.74) is -4.49. The maximum Gasteiger partial charge on any atom is 0.495 e. The van der Waals surface area contributed by atoms with Crippen LogP contribution in [-0.4, -0.2) is 18.3 Å². The van der Waals surface area contributed by atoms with Gasteiger partial charge in [0.2, 0.25) is 0 Å². The second kappa shape index (κ2) is 9.02. The van der Waals surface area contributed by atoms with Crippen LogP contribution in [0.15, 0.2) is 42.5 Å². The lowest BCUT2D eigenvalue weighted by Gasteiger charge is -2.32. The van der Waals surface area contributed by atoms with Gasteiger partial charge in [0, 0.05) is 11.6 Å². The van der Waals surface area contributed by atoms with Gasteiger partial charge in [-0.2, -0.15) is 8.78 Å². The SMILES string of the molecule is CC1(C)OB(c2cc(F)c(C(F)(F)Oc3ccc(-c4cc(F)c(F)c(F)c4)c(F)c3)c(F)c2)OC1(C)C. The molecule has 0 radical (unpaired) electrons. The Morgan fingerprint density at radius 3 is 1.70 bits per heavy atom. The maximum absolute atomic E-state index is 14.8. The molecule has 0 bridgehead atoms. The van der Waals surface area contributed by atoms with Crippen LogP contribution in [-0.2, 0) is 15.4 Å². The van der Waals surface area contributed by atoms with Crippen molar-refractivity contribution in [3.05, 3.63) is 82.9 Å². The summed E-state index contributed by atoms with van der Waals surface area (Å²) < 4.78 is 129. The van der Waals surface area contributed by atoms with Crippen molar-refractivity contribution in [2.45, 2.75) is 45.0 Å². The van der Waals surface area contributed by atoms with E-state index in [4.69, 9.17) is 9.31 Å². The van der Waals surface area contributed by atoms with Crippen LogP contribution in [0.4, 0.5) is 35.1 Å². The van der Waals surface area contributed by atoms with E-state index in [9.17, 15) is 35.1 Å². The summed E-state index contributed by atoms with van der Waals surface area (Å²) in [6.45, 7) is 6.79. The number of benzene rings is 3. The predicted molar refractivity (Wildman–Crippen MR) is 118 cm³/mol. The van der Waals surface area contributed by atoms with Gasteiger partial charge in [-0.05, 0) is 75.1 Å². The number of halogens is 8. The molecule has 3 aromatic carbocycles. The summed E-state index contributed by atoms with van der Waals surface area (Å²) in [4.78, 5) is 0. The number of hydrogen-bond acceptors (Lipinski definition) is 3. The minimum absolute atomic E-state index is 0.178. The Balaban J connectivity index is 1.61. The van der Waals surface area contributed by atoms with Crippen molar-refractivity contribution in [2.75, 3.05) is 0 Å². The average Bonchev–Trinajstić information content (AvgIpc) is 2.97. The number of alkyl halides is 2. The molecule has 4 rings (SSSR count). The molecule has 0 N–H and O–H groups in total. The van der Waals surface area contributed by atoms with Gasteiger partial charge in [-0.1, -0.05) is 0 Å². The lowest BCUT2D eigenvalue weighted by molar-refractivity contribution is -0.189. The molecule has 0 saturated carbocycles. The molecular formula is C25H19BF8O3. The summed E-state index contributed by atoms with van der Waals surface area (Å²) in [6, 6.07) is 4.33. The molecule has 0 aromatic heterocycles. The molecule has 3 nitrogen and oxygen atoms in total. The smallest absolute Gasteiger partial charge is 0.429 e. The monoisotopic (exact) mass is 530 g/mol. The van der Waals surface area contributed by atoms with Crippen LogP contribution in [0.5, 0.6) is 5.75 Å². The summed E-state index contributed by atoms with van der Waals surface area (Å²) >= 11 is 0. The Bertz CT molecular complexity index is 1310. The zero-order chi connectivity index (χ0) is 27.5. The number of hydrogen-bond donors (Lipinski definition) is 0. The minimum Gasteiger partial charge on any atom is -0.429 e. The highest BCUT2D eigenvalue weighted by Crippen LogP contribution is 2.39. The lowest BCUT2D eigenvalue weighted by atomic mass is 9.78. The first-order valence-electron chi connectivity index (χ1n) is 10.9. The van der Waals surface area contributed by atoms with Crippen molar-refractivity contribution in [3.8, 4) is 16.9 Å². The third-order valence-corrected chi connectivity index (χ3v) is 6.36. The molecule has 1 fully saturated rings. The third kappa shape index (κ3) is 4.92. The topological polar surface area (TPSA) is 27.7 Å². The van der Waals surface area contributed by atoms with E-state index in [1.165, 1.54) is 0 Å². The average molecular weight is 530 g/mol. The highest BCUT2D eigenvalue weighted by molar-refractivity contribution is 6.62. The van der Waals surface area contributed by atoms with Gasteiger partial charge in [0.1, 0.15) is 28.8 Å². The second-order valence-electron chi connectivity index (χ2n) is 9.46. The fourth-order valence-corrected chi connectivity index (χ4v) is 3.69. The molecule has 0 unspecified atom stereocenters. The summed E-state index contributed by atoms with van der Waals surface area (Å²) in [6.07, 6.45) is -4.59. The van der Waals surface area contributed by atoms with Crippen LogP contribution in [0.1, 0.15) is 33.3 Å². The minimum atomic E-state index is -4.59. The molecule has 3 aromatic rings. The van der Waals surface area contributed by atoms with E-state index < -0.39 is 81.8 Å². The van der Waals surface area contributed by atoms with E-state index in [1.54, 1.807) is 27.7 Å². The molecule has 1 aliphatic rings. The highest BCUT2D eigenvalue weighted by atomic mass is 19.3. The van der Waals surface area contributed by atoms with Crippen LogP contribution >= 0.6 is 0 Å². The molecule has 196 valence electrons. The molecule has 0 amide bonds. The molecule has 1 aliphatic heterocycles. The van der Waals surface area contributed by atoms with Crippen molar-refractivity contribution >= 4 is 12.6 Å². The van der Waals surface area contributed by atoms with Gasteiger partial charge in [-0.25, -0.2) is 26.3 Å². The van der Waals surface area contributed by atoms with Crippen LogP contribution in [0, 0.1) is 34.9 Å². The van der Waals surface area contributed by atoms with Gasteiger partial charge in [0.25, 0.3) is 0 Å². The molecule has 1 heterocycles. The summed E-state index contributed by atoms with van der Waals surface area (Å²) in [5.74, 6) is -10.4. The Kier molecular flexibility index (Phi) is 6.57. The molecule has 37 heavy (non-hydrogen) atoms. The first kappa shape index (κ1) is 26.9. The quantitative estimate of drug-likeness (QED) is 0.211. The lowest BCUT2D eigenvalue weighted by Crippen LogP contribution is -2.41. The van der Waals surface area contributed by atoms with Gasteiger partial charge in [0.15, 0.2) is 17.5 Å². The Hall–Kier alpha value is -3.12. The van der Waals surface area contributed by atoms with Crippen LogP contribution in [0.2, 0.25) is 0 Å². The second-order valence-corrected chi connectivity index (χ2v) is 9.46. The first-order valence-corrected chi connectivity index (χ1v) is 10.9. The maximum atomic E-state index is 14.8. The van der Waals surface area contributed by atoms with Crippen molar-refractivity contribution in [2.24, 2.45) is 0 Å². The molecule has 0 atom stereocenters. The molecule has 0 aliphatic carbocycles.